The highest BCUT2D eigenvalue weighted by Gasteiger charge is 2.34. The third kappa shape index (κ3) is 4.06. The maximum atomic E-state index is 16.8. The first-order valence-electron chi connectivity index (χ1n) is 12.6. The highest BCUT2D eigenvalue weighted by molar-refractivity contribution is 7.17. The number of nitriles is 1. The summed E-state index contributed by atoms with van der Waals surface area (Å²) in [5.41, 5.74) is 9.60. The van der Waals surface area contributed by atoms with E-state index >= 15 is 8.78 Å². The Hall–Kier alpha value is -3.39. The number of halogens is 2. The number of aliphatic hydroxyl groups excluding tert-OH is 1. The predicted octanol–water partition coefficient (Wildman–Crippen LogP) is 5.69. The number of aromatic nitrogens is 2. The zero-order valence-electron chi connectivity index (χ0n) is 21.7. The van der Waals surface area contributed by atoms with Crippen LogP contribution in [0.1, 0.15) is 66.8 Å². The van der Waals surface area contributed by atoms with Crippen molar-refractivity contribution in [2.45, 2.75) is 53.4 Å². The smallest absolute Gasteiger partial charge is 0.226 e. The van der Waals surface area contributed by atoms with Crippen LogP contribution in [-0.4, -0.2) is 34.3 Å². The molecule has 1 saturated heterocycles. The molecule has 10 heteroatoms. The minimum Gasteiger partial charge on any atom is -0.391 e. The largest absolute Gasteiger partial charge is 0.391 e. The van der Waals surface area contributed by atoms with Crippen molar-refractivity contribution >= 4 is 44.6 Å². The van der Waals surface area contributed by atoms with Crippen molar-refractivity contribution < 1.29 is 18.6 Å². The zero-order chi connectivity index (χ0) is 27.3. The Balaban J connectivity index is 1.83. The highest BCUT2D eigenvalue weighted by atomic mass is 32.1. The van der Waals surface area contributed by atoms with Crippen LogP contribution < -0.4 is 10.6 Å². The van der Waals surface area contributed by atoms with Gasteiger partial charge in [-0.1, -0.05) is 25.5 Å². The van der Waals surface area contributed by atoms with Gasteiger partial charge in [0.2, 0.25) is 5.95 Å². The van der Waals surface area contributed by atoms with E-state index in [0.717, 1.165) is 22.5 Å². The van der Waals surface area contributed by atoms with Gasteiger partial charge in [0, 0.05) is 41.7 Å². The fourth-order valence-corrected chi connectivity index (χ4v) is 6.25. The number of benzene rings is 1. The Labute approximate surface area is 223 Å². The van der Waals surface area contributed by atoms with Gasteiger partial charge >= 0.3 is 0 Å². The summed E-state index contributed by atoms with van der Waals surface area (Å²) in [6.45, 7) is 8.63. The molecule has 2 aliphatic heterocycles. The molecule has 0 aliphatic carbocycles. The van der Waals surface area contributed by atoms with Gasteiger partial charge in [0.1, 0.15) is 22.4 Å². The molecule has 38 heavy (non-hydrogen) atoms. The lowest BCUT2D eigenvalue weighted by Crippen LogP contribution is -2.23. The van der Waals surface area contributed by atoms with E-state index in [1.165, 1.54) is 6.08 Å². The number of anilines is 2. The maximum Gasteiger partial charge on any atom is 0.226 e. The van der Waals surface area contributed by atoms with Gasteiger partial charge in [0.25, 0.3) is 0 Å². The third-order valence-corrected chi connectivity index (χ3v) is 8.54. The molecule has 2 atom stereocenters. The van der Waals surface area contributed by atoms with Crippen LogP contribution in [0.5, 0.6) is 0 Å². The Morgan fingerprint density at radius 1 is 1.34 bits per heavy atom. The second-order valence-electron chi connectivity index (χ2n) is 9.82. The minimum absolute atomic E-state index is 0.0401. The second kappa shape index (κ2) is 10.1. The molecule has 3 aromatic rings. The first kappa shape index (κ1) is 26.2. The number of nitrogen functional groups attached to an aromatic ring is 1. The number of rotatable bonds is 5. The van der Waals surface area contributed by atoms with Crippen molar-refractivity contribution in [1.29, 1.82) is 5.26 Å². The van der Waals surface area contributed by atoms with Crippen LogP contribution >= 0.6 is 11.3 Å². The molecule has 2 aliphatic rings. The van der Waals surface area contributed by atoms with Gasteiger partial charge in [-0.2, -0.15) is 5.26 Å². The normalized spacial score (nSPS) is 20.2. The van der Waals surface area contributed by atoms with E-state index in [9.17, 15) is 10.4 Å². The first-order valence-corrected chi connectivity index (χ1v) is 13.4. The molecule has 1 fully saturated rings. The number of nitrogens with two attached hydrogens (primary N) is 1. The van der Waals surface area contributed by atoms with Crippen LogP contribution in [-0.2, 0) is 18.0 Å². The number of allylic oxidation sites excluding steroid dienone is 2. The SMILES string of the molecule is C/C=C(/F)c1sc(N)c(C#N)c1/C(=C(\C)CC)c1c2c(c3cnc(N4CC(C)C(O)C4)nc3c1F)COC2. The standard InChI is InChI=1S/C28H29F2N5O2S/c1-5-13(3)21(23-15(7-31)27(32)38-26(23)19(29)6-2)22-18-12-37-11-17(18)16-8-33-28(34-25(16)24(22)30)35-9-14(4)20(36)10-35/h6,8,14,20,36H,5,9-12,32H2,1-4H3/b19-6+,21-13+. The Kier molecular flexibility index (Phi) is 6.94. The summed E-state index contributed by atoms with van der Waals surface area (Å²) in [5.74, 6) is -0.734. The number of thiophene rings is 1. The van der Waals surface area contributed by atoms with Gasteiger partial charge in [-0.25, -0.2) is 18.7 Å². The lowest BCUT2D eigenvalue weighted by molar-refractivity contribution is 0.134. The molecular formula is C28H29F2N5O2S. The van der Waals surface area contributed by atoms with Gasteiger partial charge in [-0.15, -0.1) is 11.3 Å². The Morgan fingerprint density at radius 2 is 2.08 bits per heavy atom. The molecule has 1 aromatic carbocycles. The van der Waals surface area contributed by atoms with Crippen LogP contribution in [0.2, 0.25) is 0 Å². The fraction of sp³-hybridized carbons (Fsp3) is 0.393. The van der Waals surface area contributed by atoms with E-state index in [2.05, 4.69) is 16.0 Å². The van der Waals surface area contributed by atoms with E-state index in [-0.39, 0.29) is 45.7 Å². The maximum absolute atomic E-state index is 16.8. The van der Waals surface area contributed by atoms with E-state index in [1.807, 2.05) is 25.7 Å². The van der Waals surface area contributed by atoms with Gasteiger partial charge in [0.15, 0.2) is 5.82 Å². The van der Waals surface area contributed by atoms with Crippen LogP contribution in [0.15, 0.2) is 17.8 Å². The van der Waals surface area contributed by atoms with Gasteiger partial charge in [0.05, 0.1) is 29.8 Å². The second-order valence-corrected chi connectivity index (χ2v) is 10.9. The van der Waals surface area contributed by atoms with Crippen molar-refractivity contribution in [2.24, 2.45) is 5.92 Å². The number of β-amino-alcohol motifs (C(OH)–C–C–N with tert-alkyl or cyclic N) is 1. The van der Waals surface area contributed by atoms with Crippen LogP contribution in [0.4, 0.5) is 19.7 Å². The van der Waals surface area contributed by atoms with Crippen molar-refractivity contribution in [1.82, 2.24) is 9.97 Å². The summed E-state index contributed by atoms with van der Waals surface area (Å²) >= 11 is 0.980. The van der Waals surface area contributed by atoms with Gasteiger partial charge in [-0.3, -0.25) is 0 Å². The lowest BCUT2D eigenvalue weighted by atomic mass is 9.85. The van der Waals surface area contributed by atoms with Crippen molar-refractivity contribution in [3.8, 4) is 6.07 Å². The third-order valence-electron chi connectivity index (χ3n) is 7.52. The molecule has 2 unspecified atom stereocenters. The van der Waals surface area contributed by atoms with Crippen molar-refractivity contribution in [2.75, 3.05) is 23.7 Å². The van der Waals surface area contributed by atoms with Crippen molar-refractivity contribution in [3.05, 3.63) is 56.4 Å². The Bertz CT molecular complexity index is 1550. The molecule has 198 valence electrons. The highest BCUT2D eigenvalue weighted by Crippen LogP contribution is 2.47. The number of ether oxygens (including phenoxy) is 1. The van der Waals surface area contributed by atoms with E-state index < -0.39 is 17.7 Å². The van der Waals surface area contributed by atoms with E-state index in [1.54, 1.807) is 13.1 Å². The molecule has 2 aromatic heterocycles. The molecule has 4 heterocycles. The fourth-order valence-electron chi connectivity index (χ4n) is 5.26. The van der Waals surface area contributed by atoms with E-state index in [0.29, 0.717) is 47.5 Å². The molecule has 0 bridgehead atoms. The Morgan fingerprint density at radius 3 is 2.71 bits per heavy atom. The number of hydrogen-bond donors (Lipinski definition) is 2. The molecule has 7 nitrogen and oxygen atoms in total. The van der Waals surface area contributed by atoms with Crippen molar-refractivity contribution in [3.63, 3.8) is 0 Å². The molecule has 0 radical (unpaired) electrons. The van der Waals surface area contributed by atoms with Crippen LogP contribution in [0, 0.1) is 23.1 Å². The summed E-state index contributed by atoms with van der Waals surface area (Å²) in [5, 5.41) is 21.0. The molecule has 5 rings (SSSR count). The van der Waals surface area contributed by atoms with Crippen LogP contribution in [0.25, 0.3) is 22.3 Å². The summed E-state index contributed by atoms with van der Waals surface area (Å²) in [6, 6.07) is 2.12. The summed E-state index contributed by atoms with van der Waals surface area (Å²) < 4.78 is 37.7. The van der Waals surface area contributed by atoms with Gasteiger partial charge in [-0.05, 0) is 37.0 Å². The average molecular weight is 538 g/mol. The van der Waals surface area contributed by atoms with E-state index in [4.69, 9.17) is 10.5 Å². The number of hydrogen-bond acceptors (Lipinski definition) is 8. The topological polar surface area (TPSA) is 108 Å². The average Bonchev–Trinajstić information content (AvgIpc) is 3.62. The molecule has 0 amide bonds. The summed E-state index contributed by atoms with van der Waals surface area (Å²) in [4.78, 5) is 11.2. The summed E-state index contributed by atoms with van der Waals surface area (Å²) in [7, 11) is 0. The number of aliphatic hydroxyl groups is 1. The quantitative estimate of drug-likeness (QED) is 0.430. The molecule has 0 saturated carbocycles. The molecule has 3 N–H and O–H groups in total. The lowest BCUT2D eigenvalue weighted by Gasteiger charge is -2.20. The predicted molar refractivity (Wildman–Crippen MR) is 146 cm³/mol. The summed E-state index contributed by atoms with van der Waals surface area (Å²) in [6.07, 6.45) is 2.94. The monoisotopic (exact) mass is 537 g/mol. The molecule has 0 spiro atoms. The van der Waals surface area contributed by atoms with Gasteiger partial charge < -0.3 is 20.5 Å². The number of nitrogens with zero attached hydrogens (tertiary/aromatic N) is 4. The number of fused-ring (bicyclic) bond motifs is 3. The zero-order valence-corrected chi connectivity index (χ0v) is 22.5. The molecular weight excluding hydrogens is 508 g/mol. The first-order chi connectivity index (χ1) is 18.2. The minimum atomic E-state index is -0.580. The van der Waals surface area contributed by atoms with Crippen LogP contribution in [0.3, 0.4) is 0 Å².